The molecular weight excluding hydrogens is 388 g/mol. The quantitative estimate of drug-likeness (QED) is 0.169. The molecule has 0 amide bonds. The van der Waals surface area contributed by atoms with Gasteiger partial charge in [-0.3, -0.25) is 4.79 Å². The Labute approximate surface area is 190 Å². The second-order valence-corrected chi connectivity index (χ2v) is 11.9. The minimum Gasteiger partial charge on any atom is -0.426 e. The number of ether oxygens (including phenoxy) is 1. The van der Waals surface area contributed by atoms with Crippen LogP contribution in [0.15, 0.2) is 28.7 Å². The highest BCUT2D eigenvalue weighted by Gasteiger charge is 2.29. The molecule has 0 fully saturated rings. The lowest BCUT2D eigenvalue weighted by molar-refractivity contribution is -0.134. The van der Waals surface area contributed by atoms with Crippen molar-refractivity contribution in [2.75, 3.05) is 5.75 Å². The van der Waals surface area contributed by atoms with Crippen molar-refractivity contribution < 1.29 is 9.53 Å². The molecular formula is C27H44O2S. The smallest absolute Gasteiger partial charge is 0.310 e. The summed E-state index contributed by atoms with van der Waals surface area (Å²) >= 11 is 1.93. The predicted molar refractivity (Wildman–Crippen MR) is 133 cm³/mol. The van der Waals surface area contributed by atoms with E-state index in [2.05, 4.69) is 80.5 Å². The van der Waals surface area contributed by atoms with Crippen molar-refractivity contribution in [3.8, 4) is 5.75 Å². The Kier molecular flexibility index (Phi) is 10.2. The maximum atomic E-state index is 12.2. The molecule has 0 saturated heterocycles. The van der Waals surface area contributed by atoms with Crippen molar-refractivity contribution in [1.82, 2.24) is 0 Å². The molecule has 30 heavy (non-hydrogen) atoms. The van der Waals surface area contributed by atoms with E-state index in [0.717, 1.165) is 28.5 Å². The second-order valence-electron chi connectivity index (χ2n) is 10.8. The molecule has 0 spiro atoms. The molecule has 1 aromatic carbocycles. The van der Waals surface area contributed by atoms with Gasteiger partial charge in [0.1, 0.15) is 5.75 Å². The number of carbonyl (C=O) groups is 1. The zero-order valence-corrected chi connectivity index (χ0v) is 21.9. The third kappa shape index (κ3) is 8.88. The summed E-state index contributed by atoms with van der Waals surface area (Å²) in [6.07, 6.45) is 6.36. The molecule has 0 N–H and O–H groups in total. The van der Waals surface area contributed by atoms with E-state index in [0.29, 0.717) is 6.42 Å². The third-order valence-corrected chi connectivity index (χ3v) is 6.28. The van der Waals surface area contributed by atoms with Crippen LogP contribution in [0.3, 0.4) is 0 Å². The lowest BCUT2D eigenvalue weighted by atomic mass is 9.79. The van der Waals surface area contributed by atoms with Gasteiger partial charge in [-0.2, -0.15) is 0 Å². The van der Waals surface area contributed by atoms with E-state index in [1.54, 1.807) is 0 Å². The van der Waals surface area contributed by atoms with Crippen LogP contribution in [-0.2, 0) is 15.6 Å². The van der Waals surface area contributed by atoms with Gasteiger partial charge in [-0.05, 0) is 67.7 Å². The maximum Gasteiger partial charge on any atom is 0.310 e. The highest BCUT2D eigenvalue weighted by molar-refractivity contribution is 7.99. The standard InChI is InChI=1S/C27H44O2S/c1-11-24(28)29-25-22(26(5,6)7)17-21(18-23(25)27(8,9)10)30-16-15-20(4)14-12-13-19(2)3/h13,17-18,20H,11-12,14-16H2,1-10H3. The normalized spacial score (nSPS) is 13.1. The van der Waals surface area contributed by atoms with Crippen LogP contribution in [0.5, 0.6) is 5.75 Å². The van der Waals surface area contributed by atoms with Gasteiger partial charge in [0.15, 0.2) is 0 Å². The number of benzene rings is 1. The molecule has 1 atom stereocenters. The van der Waals surface area contributed by atoms with Crippen LogP contribution in [0.2, 0.25) is 0 Å². The summed E-state index contributed by atoms with van der Waals surface area (Å²) in [6, 6.07) is 4.48. The maximum absolute atomic E-state index is 12.2. The molecule has 0 radical (unpaired) electrons. The molecule has 0 saturated carbocycles. The molecule has 1 unspecified atom stereocenters. The number of allylic oxidation sites excluding steroid dienone is 2. The summed E-state index contributed by atoms with van der Waals surface area (Å²) in [7, 11) is 0. The highest BCUT2D eigenvalue weighted by atomic mass is 32.2. The van der Waals surface area contributed by atoms with E-state index in [4.69, 9.17) is 4.74 Å². The van der Waals surface area contributed by atoms with Gasteiger partial charge in [0.25, 0.3) is 0 Å². The first-order chi connectivity index (χ1) is 13.8. The largest absolute Gasteiger partial charge is 0.426 e. The Hall–Kier alpha value is -1.22. The molecule has 0 bridgehead atoms. The van der Waals surface area contributed by atoms with E-state index in [1.165, 1.54) is 29.7 Å². The minimum atomic E-state index is -0.170. The topological polar surface area (TPSA) is 26.3 Å². The lowest BCUT2D eigenvalue weighted by Gasteiger charge is -2.30. The predicted octanol–water partition coefficient (Wildman–Crippen LogP) is 8.46. The number of esters is 1. The molecule has 0 aromatic heterocycles. The average molecular weight is 433 g/mol. The molecule has 0 aliphatic heterocycles. The number of hydrogen-bond acceptors (Lipinski definition) is 3. The summed E-state index contributed by atoms with van der Waals surface area (Å²) in [4.78, 5) is 13.4. The number of rotatable bonds is 9. The summed E-state index contributed by atoms with van der Waals surface area (Å²) in [6.45, 7) is 21.7. The Morgan fingerprint density at radius 1 is 1.03 bits per heavy atom. The van der Waals surface area contributed by atoms with Gasteiger partial charge in [0.05, 0.1) is 0 Å². The van der Waals surface area contributed by atoms with Gasteiger partial charge < -0.3 is 4.74 Å². The fourth-order valence-electron chi connectivity index (χ4n) is 3.27. The molecule has 3 heteroatoms. The number of thioether (sulfide) groups is 1. The van der Waals surface area contributed by atoms with Crippen LogP contribution in [0.1, 0.15) is 106 Å². The van der Waals surface area contributed by atoms with Gasteiger partial charge in [0.2, 0.25) is 0 Å². The molecule has 1 aromatic rings. The van der Waals surface area contributed by atoms with Crippen LogP contribution in [0.4, 0.5) is 0 Å². The summed E-state index contributed by atoms with van der Waals surface area (Å²) in [5.74, 6) is 2.43. The summed E-state index contributed by atoms with van der Waals surface area (Å²) in [5.41, 5.74) is 3.45. The molecule has 0 aliphatic carbocycles. The van der Waals surface area contributed by atoms with Crippen LogP contribution in [0, 0.1) is 5.92 Å². The lowest BCUT2D eigenvalue weighted by Crippen LogP contribution is -2.22. The Balaban J connectivity index is 3.11. The van der Waals surface area contributed by atoms with Crippen LogP contribution in [-0.4, -0.2) is 11.7 Å². The summed E-state index contributed by atoms with van der Waals surface area (Å²) < 4.78 is 5.89. The van der Waals surface area contributed by atoms with Crippen molar-refractivity contribution in [1.29, 1.82) is 0 Å². The van der Waals surface area contributed by atoms with Crippen LogP contribution in [0.25, 0.3) is 0 Å². The Morgan fingerprint density at radius 2 is 1.57 bits per heavy atom. The van der Waals surface area contributed by atoms with E-state index in [9.17, 15) is 4.79 Å². The van der Waals surface area contributed by atoms with Crippen LogP contribution >= 0.6 is 11.8 Å². The average Bonchev–Trinajstić information content (AvgIpc) is 2.60. The summed E-state index contributed by atoms with van der Waals surface area (Å²) in [5, 5.41) is 0. The Bertz CT molecular complexity index is 693. The molecule has 0 aliphatic rings. The monoisotopic (exact) mass is 432 g/mol. The Morgan fingerprint density at radius 3 is 2.00 bits per heavy atom. The van der Waals surface area contributed by atoms with Gasteiger partial charge >= 0.3 is 5.97 Å². The van der Waals surface area contributed by atoms with Crippen molar-refractivity contribution in [2.24, 2.45) is 5.92 Å². The van der Waals surface area contributed by atoms with Crippen molar-refractivity contribution in [3.05, 3.63) is 34.9 Å². The van der Waals surface area contributed by atoms with Crippen LogP contribution < -0.4 is 4.74 Å². The van der Waals surface area contributed by atoms with E-state index in [-0.39, 0.29) is 16.8 Å². The molecule has 2 nitrogen and oxygen atoms in total. The van der Waals surface area contributed by atoms with Gasteiger partial charge in [-0.15, -0.1) is 11.8 Å². The molecule has 1 rings (SSSR count). The van der Waals surface area contributed by atoms with E-state index < -0.39 is 0 Å². The zero-order valence-electron chi connectivity index (χ0n) is 21.1. The van der Waals surface area contributed by atoms with Crippen molar-refractivity contribution in [3.63, 3.8) is 0 Å². The van der Waals surface area contributed by atoms with E-state index in [1.807, 2.05) is 18.7 Å². The molecule has 170 valence electrons. The first-order valence-corrected chi connectivity index (χ1v) is 12.4. The fraction of sp³-hybridized carbons (Fsp3) is 0.667. The SMILES string of the molecule is CCC(=O)Oc1c(C(C)(C)C)cc(SCCC(C)CCC=C(C)C)cc1C(C)(C)C. The van der Waals surface area contributed by atoms with Gasteiger partial charge in [-0.25, -0.2) is 0 Å². The van der Waals surface area contributed by atoms with Gasteiger partial charge in [0, 0.05) is 22.4 Å². The zero-order chi connectivity index (χ0) is 23.1. The first-order valence-electron chi connectivity index (χ1n) is 11.4. The molecule has 0 heterocycles. The van der Waals surface area contributed by atoms with E-state index >= 15 is 0 Å². The minimum absolute atomic E-state index is 0.0996. The number of hydrogen-bond donors (Lipinski definition) is 0. The number of carbonyl (C=O) groups excluding carboxylic acids is 1. The highest BCUT2D eigenvalue weighted by Crippen LogP contribution is 2.43. The third-order valence-electron chi connectivity index (χ3n) is 5.27. The van der Waals surface area contributed by atoms with Crippen molar-refractivity contribution in [2.45, 2.75) is 111 Å². The first kappa shape index (κ1) is 26.8. The second kappa shape index (κ2) is 11.4. The van der Waals surface area contributed by atoms with Crippen molar-refractivity contribution >= 4 is 17.7 Å². The van der Waals surface area contributed by atoms with Gasteiger partial charge in [-0.1, -0.05) is 67.0 Å². The fourth-order valence-corrected chi connectivity index (χ4v) is 4.43.